The molecule has 1 aliphatic heterocycles. The van der Waals surface area contributed by atoms with Crippen LogP contribution < -0.4 is 9.64 Å². The summed E-state index contributed by atoms with van der Waals surface area (Å²) in [6.45, 7) is 3.24. The SMILES string of the molecule is Cc1ccc(N2CCOc3c(C(=O)C=C=C4CCC(OC5CCCCC5)CC4)cccc32)nc1. The standard InChI is InChI=1S/C29H34N2O3/c1-21-10-17-28(30-20-21)31-18-19-33-29-25(8-5-9-26(29)31)27(32)16-13-22-11-14-24(15-12-22)34-23-6-3-2-4-7-23/h5,8-10,16-17,20,23-24H,2-4,6-7,11-12,14-15,18-19H2,1H3. The molecule has 2 aliphatic carbocycles. The summed E-state index contributed by atoms with van der Waals surface area (Å²) in [5.41, 5.74) is 7.10. The molecule has 2 fully saturated rings. The van der Waals surface area contributed by atoms with Gasteiger partial charge < -0.3 is 14.4 Å². The number of benzene rings is 1. The highest BCUT2D eigenvalue weighted by atomic mass is 16.5. The summed E-state index contributed by atoms with van der Waals surface area (Å²) < 4.78 is 12.3. The van der Waals surface area contributed by atoms with Gasteiger partial charge in [0.05, 0.1) is 30.0 Å². The molecule has 34 heavy (non-hydrogen) atoms. The zero-order chi connectivity index (χ0) is 23.3. The van der Waals surface area contributed by atoms with E-state index in [0.29, 0.717) is 36.7 Å². The molecule has 1 aromatic carbocycles. The van der Waals surface area contributed by atoms with E-state index in [9.17, 15) is 4.79 Å². The molecular formula is C29H34N2O3. The number of anilines is 2. The average molecular weight is 459 g/mol. The first-order valence-electron chi connectivity index (χ1n) is 12.8. The van der Waals surface area contributed by atoms with Gasteiger partial charge in [-0.3, -0.25) is 4.79 Å². The van der Waals surface area contributed by atoms with Crippen LogP contribution in [0, 0.1) is 6.92 Å². The molecule has 5 nitrogen and oxygen atoms in total. The highest BCUT2D eigenvalue weighted by Gasteiger charge is 2.25. The molecule has 0 unspecified atom stereocenters. The third-order valence-corrected chi connectivity index (χ3v) is 7.16. The molecule has 2 saturated carbocycles. The van der Waals surface area contributed by atoms with Crippen molar-refractivity contribution in [1.29, 1.82) is 0 Å². The fourth-order valence-corrected chi connectivity index (χ4v) is 5.24. The topological polar surface area (TPSA) is 51.7 Å². The predicted octanol–water partition coefficient (Wildman–Crippen LogP) is 6.48. The van der Waals surface area contributed by atoms with Crippen LogP contribution in [0.25, 0.3) is 0 Å². The van der Waals surface area contributed by atoms with E-state index in [4.69, 9.17) is 9.47 Å². The number of aryl methyl sites for hydroxylation is 1. The third-order valence-electron chi connectivity index (χ3n) is 7.16. The summed E-state index contributed by atoms with van der Waals surface area (Å²) in [6, 6.07) is 9.80. The lowest BCUT2D eigenvalue weighted by Gasteiger charge is -2.31. The summed E-state index contributed by atoms with van der Waals surface area (Å²) in [7, 11) is 0. The number of ether oxygens (including phenoxy) is 2. The van der Waals surface area contributed by atoms with Gasteiger partial charge in [0.2, 0.25) is 0 Å². The molecule has 5 rings (SSSR count). The normalized spacial score (nSPS) is 20.8. The Kier molecular flexibility index (Phi) is 7.13. The largest absolute Gasteiger partial charge is 0.489 e. The molecule has 0 atom stereocenters. The van der Waals surface area contributed by atoms with Crippen LogP contribution in [0.5, 0.6) is 5.75 Å². The Morgan fingerprint density at radius 2 is 1.88 bits per heavy atom. The molecule has 5 heteroatoms. The van der Waals surface area contributed by atoms with E-state index in [1.54, 1.807) is 6.08 Å². The molecule has 2 heterocycles. The number of pyridine rings is 1. The van der Waals surface area contributed by atoms with Crippen molar-refractivity contribution in [2.24, 2.45) is 0 Å². The van der Waals surface area contributed by atoms with E-state index < -0.39 is 0 Å². The second-order valence-electron chi connectivity index (χ2n) is 9.70. The monoisotopic (exact) mass is 458 g/mol. The molecule has 0 amide bonds. The Labute approximate surface area is 202 Å². The highest BCUT2D eigenvalue weighted by Crippen LogP contribution is 2.38. The lowest BCUT2D eigenvalue weighted by Crippen LogP contribution is -2.30. The lowest BCUT2D eigenvalue weighted by atomic mass is 9.91. The van der Waals surface area contributed by atoms with Gasteiger partial charge in [-0.05, 0) is 74.8 Å². The molecule has 0 N–H and O–H groups in total. The maximum absolute atomic E-state index is 13.1. The van der Waals surface area contributed by atoms with Crippen LogP contribution in [0.2, 0.25) is 0 Å². The van der Waals surface area contributed by atoms with Crippen molar-refractivity contribution >= 4 is 17.3 Å². The second-order valence-corrected chi connectivity index (χ2v) is 9.70. The molecule has 178 valence electrons. The Morgan fingerprint density at radius 3 is 2.65 bits per heavy atom. The van der Waals surface area contributed by atoms with Crippen molar-refractivity contribution in [3.63, 3.8) is 0 Å². The van der Waals surface area contributed by atoms with E-state index in [2.05, 4.69) is 21.7 Å². The van der Waals surface area contributed by atoms with E-state index in [-0.39, 0.29) is 5.78 Å². The molecule has 0 radical (unpaired) electrons. The van der Waals surface area contributed by atoms with Crippen LogP contribution in [-0.2, 0) is 4.74 Å². The number of ketones is 1. The molecule has 1 aromatic heterocycles. The van der Waals surface area contributed by atoms with Gasteiger partial charge >= 0.3 is 0 Å². The number of hydrogen-bond donors (Lipinski definition) is 0. The molecule has 0 bridgehead atoms. The number of aromatic nitrogens is 1. The summed E-state index contributed by atoms with van der Waals surface area (Å²) in [6.07, 6.45) is 14.7. The van der Waals surface area contributed by atoms with E-state index >= 15 is 0 Å². The van der Waals surface area contributed by atoms with Crippen molar-refractivity contribution in [3.8, 4) is 5.75 Å². The minimum Gasteiger partial charge on any atom is -0.489 e. The van der Waals surface area contributed by atoms with Crippen LogP contribution in [0.4, 0.5) is 11.5 Å². The zero-order valence-corrected chi connectivity index (χ0v) is 20.1. The van der Waals surface area contributed by atoms with E-state index in [0.717, 1.165) is 42.8 Å². The Balaban J connectivity index is 1.27. The van der Waals surface area contributed by atoms with Crippen molar-refractivity contribution in [3.05, 3.63) is 65.0 Å². The summed E-state index contributed by atoms with van der Waals surface area (Å²) in [5.74, 6) is 1.43. The number of fused-ring (bicyclic) bond motifs is 1. The first kappa shape index (κ1) is 22.9. The number of nitrogens with zero attached hydrogens (tertiary/aromatic N) is 2. The smallest absolute Gasteiger partial charge is 0.197 e. The van der Waals surface area contributed by atoms with Crippen molar-refractivity contribution in [1.82, 2.24) is 4.98 Å². The minimum atomic E-state index is -0.0661. The Hall–Kier alpha value is -2.88. The maximum Gasteiger partial charge on any atom is 0.197 e. The van der Waals surface area contributed by atoms with E-state index in [1.165, 1.54) is 37.7 Å². The maximum atomic E-state index is 13.1. The summed E-state index contributed by atoms with van der Waals surface area (Å²) in [5, 5.41) is 0. The van der Waals surface area contributed by atoms with Crippen molar-refractivity contribution in [2.45, 2.75) is 76.9 Å². The van der Waals surface area contributed by atoms with Gasteiger partial charge in [0, 0.05) is 12.3 Å². The van der Waals surface area contributed by atoms with Crippen LogP contribution in [0.3, 0.4) is 0 Å². The molecule has 0 saturated heterocycles. The Morgan fingerprint density at radius 1 is 1.09 bits per heavy atom. The highest BCUT2D eigenvalue weighted by molar-refractivity contribution is 6.08. The number of rotatable bonds is 5. The number of para-hydroxylation sites is 1. The van der Waals surface area contributed by atoms with Crippen LogP contribution in [0.15, 0.2) is 53.9 Å². The van der Waals surface area contributed by atoms with Gasteiger partial charge in [-0.2, -0.15) is 0 Å². The van der Waals surface area contributed by atoms with Gasteiger partial charge in [-0.25, -0.2) is 4.98 Å². The second kappa shape index (κ2) is 10.6. The number of carbonyl (C=O) groups excluding carboxylic acids is 1. The third kappa shape index (κ3) is 5.27. The predicted molar refractivity (Wildman–Crippen MR) is 134 cm³/mol. The molecule has 3 aliphatic rings. The fourth-order valence-electron chi connectivity index (χ4n) is 5.24. The first-order chi connectivity index (χ1) is 16.7. The molecule has 2 aromatic rings. The fraction of sp³-hybridized carbons (Fsp3) is 0.483. The van der Waals surface area contributed by atoms with Gasteiger partial charge in [0.1, 0.15) is 12.4 Å². The van der Waals surface area contributed by atoms with Crippen LogP contribution >= 0.6 is 0 Å². The van der Waals surface area contributed by atoms with Gasteiger partial charge in [0.15, 0.2) is 11.5 Å². The lowest BCUT2D eigenvalue weighted by molar-refractivity contribution is -0.0407. The van der Waals surface area contributed by atoms with E-state index in [1.807, 2.05) is 37.4 Å². The summed E-state index contributed by atoms with van der Waals surface area (Å²) >= 11 is 0. The molecular weight excluding hydrogens is 424 g/mol. The van der Waals surface area contributed by atoms with Crippen molar-refractivity contribution < 1.29 is 14.3 Å². The zero-order valence-electron chi connectivity index (χ0n) is 20.1. The quantitative estimate of drug-likeness (QED) is 0.292. The Bertz CT molecular complexity index is 1070. The minimum absolute atomic E-state index is 0.0661. The molecule has 0 spiro atoms. The van der Waals surface area contributed by atoms with Crippen molar-refractivity contribution in [2.75, 3.05) is 18.1 Å². The summed E-state index contributed by atoms with van der Waals surface area (Å²) in [4.78, 5) is 19.8. The van der Waals surface area contributed by atoms with Gasteiger partial charge in [-0.15, -0.1) is 5.73 Å². The van der Waals surface area contributed by atoms with Crippen LogP contribution in [0.1, 0.15) is 73.7 Å². The number of carbonyl (C=O) groups is 1. The average Bonchev–Trinajstić information content (AvgIpc) is 2.88. The van der Waals surface area contributed by atoms with Crippen LogP contribution in [-0.4, -0.2) is 36.1 Å². The number of hydrogen-bond acceptors (Lipinski definition) is 5. The van der Waals surface area contributed by atoms with Gasteiger partial charge in [-0.1, -0.05) is 31.4 Å². The number of allylic oxidation sites excluding steroid dienone is 1. The first-order valence-corrected chi connectivity index (χ1v) is 12.8. The van der Waals surface area contributed by atoms with Gasteiger partial charge in [0.25, 0.3) is 0 Å².